The maximum Gasteiger partial charge on any atom is 0.294 e. The predicted molar refractivity (Wildman–Crippen MR) is 95.7 cm³/mol. The van der Waals surface area contributed by atoms with Gasteiger partial charge in [0.15, 0.2) is 0 Å². The lowest BCUT2D eigenvalue weighted by Gasteiger charge is -2.06. The van der Waals surface area contributed by atoms with Gasteiger partial charge in [0.1, 0.15) is 11.5 Å². The van der Waals surface area contributed by atoms with Crippen LogP contribution in [0.5, 0.6) is 0 Å². The van der Waals surface area contributed by atoms with Crippen LogP contribution < -0.4 is 0 Å². The third-order valence-electron chi connectivity index (χ3n) is 3.22. The zero-order valence-electron chi connectivity index (χ0n) is 12.1. The molecule has 1 aromatic carbocycles. The van der Waals surface area contributed by atoms with Gasteiger partial charge in [-0.05, 0) is 42.1 Å². The molecule has 1 aliphatic heterocycles. The summed E-state index contributed by atoms with van der Waals surface area (Å²) >= 11 is 12.9. The van der Waals surface area contributed by atoms with E-state index < -0.39 is 11.1 Å². The molecule has 0 radical (unpaired) electrons. The predicted octanol–water partition coefficient (Wildman–Crippen LogP) is 4.92. The Balaban J connectivity index is 1.88. The summed E-state index contributed by atoms with van der Waals surface area (Å²) in [6.45, 7) is -0.0498. The Morgan fingerprint density at radius 2 is 2.04 bits per heavy atom. The van der Waals surface area contributed by atoms with Gasteiger partial charge >= 0.3 is 0 Å². The number of rotatable bonds is 3. The monoisotopic (exact) mass is 377 g/mol. The molecular weight excluding hydrogens is 369 g/mol. The van der Waals surface area contributed by atoms with Gasteiger partial charge in [0.2, 0.25) is 0 Å². The lowest BCUT2D eigenvalue weighted by atomic mass is 10.2. The second-order valence-corrected chi connectivity index (χ2v) is 6.63. The molecule has 2 heterocycles. The van der Waals surface area contributed by atoms with Crippen LogP contribution in [0, 0.1) is 12.3 Å². The van der Waals surface area contributed by atoms with E-state index in [2.05, 4.69) is 5.92 Å². The fraction of sp³-hybridized carbons (Fsp3) is 0.0588. The Morgan fingerprint density at radius 3 is 2.75 bits per heavy atom. The smallest absolute Gasteiger partial charge is 0.294 e. The number of terminal acetylenes is 1. The van der Waals surface area contributed by atoms with Gasteiger partial charge in [0.05, 0.1) is 16.5 Å². The number of hydrogen-bond donors (Lipinski definition) is 0. The number of benzene rings is 1. The largest absolute Gasteiger partial charge is 0.457 e. The highest BCUT2D eigenvalue weighted by atomic mass is 35.5. The minimum absolute atomic E-state index is 0.0498. The quantitative estimate of drug-likeness (QED) is 0.562. The summed E-state index contributed by atoms with van der Waals surface area (Å²) in [6.07, 6.45) is 6.67. The summed E-state index contributed by atoms with van der Waals surface area (Å²) in [5.74, 6) is 2.83. The van der Waals surface area contributed by atoms with Crippen molar-refractivity contribution in [1.82, 2.24) is 4.90 Å². The summed E-state index contributed by atoms with van der Waals surface area (Å²) in [5, 5.41) is 0.590. The van der Waals surface area contributed by atoms with Crippen molar-refractivity contribution >= 4 is 52.2 Å². The van der Waals surface area contributed by atoms with Gasteiger partial charge in [-0.15, -0.1) is 6.42 Å². The molecule has 120 valence electrons. The van der Waals surface area contributed by atoms with Crippen LogP contribution >= 0.6 is 35.0 Å². The Bertz CT molecular complexity index is 911. The molecule has 2 aromatic rings. The molecule has 3 rings (SSSR count). The highest BCUT2D eigenvalue weighted by molar-refractivity contribution is 8.18. The maximum atomic E-state index is 12.1. The zero-order chi connectivity index (χ0) is 17.3. The first-order valence-corrected chi connectivity index (χ1v) is 8.31. The molecule has 1 fully saturated rings. The van der Waals surface area contributed by atoms with Crippen molar-refractivity contribution in [2.75, 3.05) is 6.54 Å². The van der Waals surface area contributed by atoms with Crippen molar-refractivity contribution < 1.29 is 14.0 Å². The second-order valence-electron chi connectivity index (χ2n) is 4.80. The number of carbonyl (C=O) groups excluding carboxylic acids is 2. The van der Waals surface area contributed by atoms with Crippen LogP contribution in [-0.4, -0.2) is 22.6 Å². The molecule has 0 aliphatic carbocycles. The minimum atomic E-state index is -0.426. The van der Waals surface area contributed by atoms with Crippen LogP contribution in [0.1, 0.15) is 5.76 Å². The van der Waals surface area contributed by atoms with Gasteiger partial charge in [0, 0.05) is 16.7 Å². The van der Waals surface area contributed by atoms with Crippen molar-refractivity contribution in [3.05, 3.63) is 51.0 Å². The lowest BCUT2D eigenvalue weighted by Crippen LogP contribution is -2.28. The van der Waals surface area contributed by atoms with Crippen LogP contribution in [0.4, 0.5) is 4.79 Å². The van der Waals surface area contributed by atoms with E-state index in [0.29, 0.717) is 27.1 Å². The number of furan rings is 1. The van der Waals surface area contributed by atoms with Gasteiger partial charge in [0.25, 0.3) is 11.1 Å². The Hall–Kier alpha value is -2.13. The first kappa shape index (κ1) is 16.7. The molecule has 0 unspecified atom stereocenters. The van der Waals surface area contributed by atoms with Crippen molar-refractivity contribution in [3.63, 3.8) is 0 Å². The van der Waals surface area contributed by atoms with Crippen molar-refractivity contribution in [2.24, 2.45) is 0 Å². The van der Waals surface area contributed by atoms with E-state index in [9.17, 15) is 9.59 Å². The number of amides is 2. The molecular formula is C17H9Cl2NO3S. The normalized spacial score (nSPS) is 16.0. The summed E-state index contributed by atoms with van der Waals surface area (Å²) in [4.78, 5) is 25.1. The third-order valence-corrected chi connectivity index (χ3v) is 4.67. The van der Waals surface area contributed by atoms with Gasteiger partial charge in [-0.2, -0.15) is 0 Å². The minimum Gasteiger partial charge on any atom is -0.457 e. The standard InChI is InChI=1S/C17H9Cl2NO3S/c1-2-7-20-16(21)15(24-17(20)22)9-11-4-6-14(23-11)12-5-3-10(18)8-13(12)19/h1,3-6,8-9H,7H2/b15-9-. The van der Waals surface area contributed by atoms with Crippen LogP contribution in [0.2, 0.25) is 10.0 Å². The SMILES string of the molecule is C#CCN1C(=O)S/C(=C\c2ccc(-c3ccc(Cl)cc3Cl)o2)C1=O. The summed E-state index contributed by atoms with van der Waals surface area (Å²) in [6, 6.07) is 8.48. The lowest BCUT2D eigenvalue weighted by molar-refractivity contribution is -0.122. The molecule has 0 bridgehead atoms. The molecule has 0 atom stereocenters. The fourth-order valence-electron chi connectivity index (χ4n) is 2.12. The first-order chi connectivity index (χ1) is 11.5. The summed E-state index contributed by atoms with van der Waals surface area (Å²) < 4.78 is 5.69. The second kappa shape index (κ2) is 6.78. The zero-order valence-corrected chi connectivity index (χ0v) is 14.4. The highest BCUT2D eigenvalue weighted by Gasteiger charge is 2.34. The van der Waals surface area contributed by atoms with Crippen LogP contribution in [0.25, 0.3) is 17.4 Å². The number of nitrogens with zero attached hydrogens (tertiary/aromatic N) is 1. The topological polar surface area (TPSA) is 50.5 Å². The van der Waals surface area contributed by atoms with Crippen LogP contribution in [0.15, 0.2) is 39.7 Å². The Labute approximate surface area is 152 Å². The van der Waals surface area contributed by atoms with E-state index in [4.69, 9.17) is 34.0 Å². The number of hydrogen-bond acceptors (Lipinski definition) is 4. The summed E-state index contributed by atoms with van der Waals surface area (Å²) in [5.41, 5.74) is 0.682. The Morgan fingerprint density at radius 1 is 1.25 bits per heavy atom. The average Bonchev–Trinajstić information content (AvgIpc) is 3.08. The fourth-order valence-corrected chi connectivity index (χ4v) is 3.44. The third kappa shape index (κ3) is 3.22. The average molecular weight is 378 g/mol. The van der Waals surface area contributed by atoms with Crippen LogP contribution in [-0.2, 0) is 4.79 Å². The molecule has 0 N–H and O–H groups in total. The van der Waals surface area contributed by atoms with Gasteiger partial charge in [-0.3, -0.25) is 14.5 Å². The number of imide groups is 1. The Kier molecular flexibility index (Phi) is 4.72. The number of halogens is 2. The van der Waals surface area contributed by atoms with E-state index in [1.807, 2.05) is 0 Å². The first-order valence-electron chi connectivity index (χ1n) is 6.73. The van der Waals surface area contributed by atoms with Gasteiger partial charge in [-0.1, -0.05) is 29.1 Å². The van der Waals surface area contributed by atoms with E-state index in [1.165, 1.54) is 6.08 Å². The van der Waals surface area contributed by atoms with Gasteiger partial charge < -0.3 is 4.42 Å². The molecule has 7 heteroatoms. The van der Waals surface area contributed by atoms with E-state index in [1.54, 1.807) is 30.3 Å². The van der Waals surface area contributed by atoms with E-state index in [0.717, 1.165) is 16.7 Å². The molecule has 0 spiro atoms. The van der Waals surface area contributed by atoms with Crippen LogP contribution in [0.3, 0.4) is 0 Å². The molecule has 4 nitrogen and oxygen atoms in total. The molecule has 1 aromatic heterocycles. The van der Waals surface area contributed by atoms with E-state index in [-0.39, 0.29) is 11.4 Å². The highest BCUT2D eigenvalue weighted by Crippen LogP contribution is 2.35. The van der Waals surface area contributed by atoms with Gasteiger partial charge in [-0.25, -0.2) is 0 Å². The molecule has 2 amide bonds. The van der Waals surface area contributed by atoms with Crippen molar-refractivity contribution in [2.45, 2.75) is 0 Å². The summed E-state index contributed by atoms with van der Waals surface area (Å²) in [7, 11) is 0. The maximum absolute atomic E-state index is 12.1. The molecule has 0 saturated carbocycles. The number of thioether (sulfide) groups is 1. The molecule has 1 aliphatic rings. The number of carbonyl (C=O) groups is 2. The van der Waals surface area contributed by atoms with Crippen molar-refractivity contribution in [1.29, 1.82) is 0 Å². The molecule has 24 heavy (non-hydrogen) atoms. The van der Waals surface area contributed by atoms with Crippen molar-refractivity contribution in [3.8, 4) is 23.7 Å². The molecule has 1 saturated heterocycles. The van der Waals surface area contributed by atoms with E-state index >= 15 is 0 Å².